The first-order valence-corrected chi connectivity index (χ1v) is 8.13. The Morgan fingerprint density at radius 1 is 1.46 bits per heavy atom. The minimum absolute atomic E-state index is 0.00500. The fourth-order valence-corrected chi connectivity index (χ4v) is 3.64. The summed E-state index contributed by atoms with van der Waals surface area (Å²) in [7, 11) is 1.60. The van der Waals surface area contributed by atoms with Crippen molar-refractivity contribution in [2.75, 3.05) is 7.05 Å². The summed E-state index contributed by atoms with van der Waals surface area (Å²) in [5, 5.41) is 10.9. The van der Waals surface area contributed by atoms with E-state index in [0.29, 0.717) is 0 Å². The lowest BCUT2D eigenvalue weighted by Crippen LogP contribution is -2.47. The zero-order valence-corrected chi connectivity index (χ0v) is 14.0. The highest BCUT2D eigenvalue weighted by atomic mass is 32.1. The molecule has 0 fully saturated rings. The van der Waals surface area contributed by atoms with Crippen molar-refractivity contribution in [2.45, 2.75) is 18.9 Å². The van der Waals surface area contributed by atoms with E-state index in [1.165, 1.54) is 28.4 Å². The molecule has 24 heavy (non-hydrogen) atoms. The predicted octanol–water partition coefficient (Wildman–Crippen LogP) is 2.82. The molecule has 2 aromatic rings. The van der Waals surface area contributed by atoms with Gasteiger partial charge in [0.2, 0.25) is 5.91 Å². The van der Waals surface area contributed by atoms with Gasteiger partial charge >= 0.3 is 0 Å². The van der Waals surface area contributed by atoms with Gasteiger partial charge in [-0.2, -0.15) is 5.26 Å². The van der Waals surface area contributed by atoms with E-state index in [-0.39, 0.29) is 23.9 Å². The molecule has 122 valence electrons. The highest BCUT2D eigenvalue weighted by Gasteiger charge is 2.36. The molecule has 0 unspecified atom stereocenters. The maximum atomic E-state index is 13.5. The molecule has 1 aliphatic rings. The lowest BCUT2D eigenvalue weighted by molar-refractivity contribution is -0.128. The van der Waals surface area contributed by atoms with Crippen LogP contribution in [0.2, 0.25) is 0 Å². The number of halogens is 1. The number of carbonyl (C=O) groups excluding carboxylic acids is 1. The second kappa shape index (κ2) is 5.73. The third-order valence-corrected chi connectivity index (χ3v) is 5.15. The van der Waals surface area contributed by atoms with Gasteiger partial charge in [0.25, 0.3) is 0 Å². The Kier molecular flexibility index (Phi) is 3.85. The van der Waals surface area contributed by atoms with Gasteiger partial charge in [-0.05, 0) is 41.6 Å². The zero-order valence-electron chi connectivity index (χ0n) is 13.2. The summed E-state index contributed by atoms with van der Waals surface area (Å²) < 4.78 is 13.5. The van der Waals surface area contributed by atoms with Crippen LogP contribution >= 0.6 is 11.3 Å². The topological polar surface area (TPSA) is 82.5 Å². The molecule has 7 heteroatoms. The normalized spacial score (nSPS) is 20.7. The van der Waals surface area contributed by atoms with E-state index in [0.717, 1.165) is 16.0 Å². The number of hydrogen-bond acceptors (Lipinski definition) is 5. The summed E-state index contributed by atoms with van der Waals surface area (Å²) >= 11 is 1.46. The molecule has 1 amide bonds. The highest BCUT2D eigenvalue weighted by molar-refractivity contribution is 7.13. The van der Waals surface area contributed by atoms with Crippen molar-refractivity contribution in [2.24, 2.45) is 10.7 Å². The summed E-state index contributed by atoms with van der Waals surface area (Å²) in [6.07, 6.45) is 0.229. The van der Waals surface area contributed by atoms with E-state index >= 15 is 0 Å². The molecule has 1 aromatic carbocycles. The molecule has 0 radical (unpaired) electrons. The van der Waals surface area contributed by atoms with Gasteiger partial charge in [-0.1, -0.05) is 6.07 Å². The molecule has 0 spiro atoms. The first-order valence-electron chi connectivity index (χ1n) is 7.25. The lowest BCUT2D eigenvalue weighted by Gasteiger charge is -2.32. The van der Waals surface area contributed by atoms with E-state index in [1.807, 2.05) is 24.4 Å². The van der Waals surface area contributed by atoms with Crippen molar-refractivity contribution in [3.63, 3.8) is 0 Å². The van der Waals surface area contributed by atoms with E-state index in [4.69, 9.17) is 11.0 Å². The summed E-state index contributed by atoms with van der Waals surface area (Å²) in [5.41, 5.74) is 6.74. The molecule has 0 bridgehead atoms. The zero-order chi connectivity index (χ0) is 17.5. The predicted molar refractivity (Wildman–Crippen MR) is 90.8 cm³/mol. The van der Waals surface area contributed by atoms with Crippen molar-refractivity contribution >= 4 is 23.2 Å². The number of thiophene rings is 1. The maximum absolute atomic E-state index is 13.5. The van der Waals surface area contributed by atoms with Crippen LogP contribution < -0.4 is 5.73 Å². The van der Waals surface area contributed by atoms with Crippen molar-refractivity contribution < 1.29 is 9.18 Å². The highest BCUT2D eigenvalue weighted by Crippen LogP contribution is 2.38. The number of rotatable bonds is 2. The molecule has 1 aliphatic heterocycles. The Bertz CT molecular complexity index is 898. The number of aliphatic imine (C=N–C) groups is 1. The molecule has 0 aliphatic carbocycles. The van der Waals surface area contributed by atoms with Gasteiger partial charge in [0.1, 0.15) is 11.9 Å². The summed E-state index contributed by atoms with van der Waals surface area (Å²) in [5.74, 6) is -0.440. The van der Waals surface area contributed by atoms with Crippen LogP contribution in [0.3, 0.4) is 0 Å². The molecular formula is C17H15FN4OS. The standard InChI is InChI=1S/C17H15FN4OS/c1-17(7-15(23)22(2)16(20)21-17)12-6-14(24-9-12)10-3-4-13(18)11(5-10)8-19/h3-6,9H,7H2,1-2H3,(H2,20,21)/t17-/m0/s1. The molecule has 3 rings (SSSR count). The SMILES string of the molecule is CN1C(=O)C[C@@](C)(c2csc(-c3ccc(F)c(C#N)c3)c2)N=C1N. The summed E-state index contributed by atoms with van der Waals surface area (Å²) in [6.45, 7) is 1.86. The minimum atomic E-state index is -0.722. The van der Waals surface area contributed by atoms with Crippen LogP contribution in [-0.2, 0) is 10.3 Å². The van der Waals surface area contributed by atoms with E-state index in [9.17, 15) is 9.18 Å². The molecule has 0 saturated heterocycles. The minimum Gasteiger partial charge on any atom is -0.369 e. The fraction of sp³-hybridized carbons (Fsp3) is 0.235. The second-order valence-corrected chi connectivity index (χ2v) is 6.79. The molecule has 5 nitrogen and oxygen atoms in total. The summed E-state index contributed by atoms with van der Waals surface area (Å²) in [4.78, 5) is 18.8. The van der Waals surface area contributed by atoms with Crippen molar-refractivity contribution in [3.8, 4) is 16.5 Å². The Morgan fingerprint density at radius 2 is 2.21 bits per heavy atom. The molecule has 2 N–H and O–H groups in total. The molecule has 1 atom stereocenters. The van der Waals surface area contributed by atoms with Crippen LogP contribution in [0.5, 0.6) is 0 Å². The van der Waals surface area contributed by atoms with Crippen LogP contribution in [0, 0.1) is 17.1 Å². The van der Waals surface area contributed by atoms with E-state index < -0.39 is 11.4 Å². The van der Waals surface area contributed by atoms with E-state index in [2.05, 4.69) is 4.99 Å². The average molecular weight is 342 g/mol. The van der Waals surface area contributed by atoms with E-state index in [1.54, 1.807) is 13.1 Å². The Balaban J connectivity index is 2.00. The largest absolute Gasteiger partial charge is 0.369 e. The van der Waals surface area contributed by atoms with Crippen LogP contribution in [0.25, 0.3) is 10.4 Å². The van der Waals surface area contributed by atoms with Crippen LogP contribution in [0.4, 0.5) is 4.39 Å². The van der Waals surface area contributed by atoms with Crippen molar-refractivity contribution in [1.82, 2.24) is 4.90 Å². The van der Waals surface area contributed by atoms with Gasteiger partial charge in [0.15, 0.2) is 5.96 Å². The third-order valence-electron chi connectivity index (χ3n) is 4.17. The number of amides is 1. The molecule has 1 aromatic heterocycles. The van der Waals surface area contributed by atoms with Gasteiger partial charge in [-0.3, -0.25) is 9.69 Å². The Labute approximate surface area is 142 Å². The number of nitrogens with zero attached hydrogens (tertiary/aromatic N) is 3. The number of carbonyl (C=O) groups is 1. The quantitative estimate of drug-likeness (QED) is 0.911. The van der Waals surface area contributed by atoms with Gasteiger partial charge < -0.3 is 5.73 Å². The lowest BCUT2D eigenvalue weighted by atomic mass is 9.89. The monoisotopic (exact) mass is 342 g/mol. The Hall–Kier alpha value is -2.72. The van der Waals surface area contributed by atoms with Gasteiger partial charge in [0.05, 0.1) is 17.5 Å². The van der Waals surface area contributed by atoms with Crippen LogP contribution in [0.1, 0.15) is 24.5 Å². The first-order chi connectivity index (χ1) is 11.3. The molecular weight excluding hydrogens is 327 g/mol. The van der Waals surface area contributed by atoms with Gasteiger partial charge in [-0.15, -0.1) is 11.3 Å². The number of guanidine groups is 1. The maximum Gasteiger partial charge on any atom is 0.231 e. The van der Waals surface area contributed by atoms with Crippen molar-refractivity contribution in [3.05, 3.63) is 46.6 Å². The average Bonchev–Trinajstić information content (AvgIpc) is 3.04. The Morgan fingerprint density at radius 3 is 2.88 bits per heavy atom. The summed E-state index contributed by atoms with van der Waals surface area (Å²) in [6, 6.07) is 8.18. The molecule has 0 saturated carbocycles. The third kappa shape index (κ3) is 2.65. The number of hydrogen-bond donors (Lipinski definition) is 1. The van der Waals surface area contributed by atoms with Gasteiger partial charge in [-0.25, -0.2) is 9.38 Å². The number of benzene rings is 1. The molecule has 2 heterocycles. The van der Waals surface area contributed by atoms with Crippen LogP contribution in [0.15, 0.2) is 34.6 Å². The fourth-order valence-electron chi connectivity index (χ4n) is 2.61. The van der Waals surface area contributed by atoms with Crippen molar-refractivity contribution in [1.29, 1.82) is 5.26 Å². The first kappa shape index (κ1) is 16.1. The number of nitriles is 1. The number of nitrogens with two attached hydrogens (primary N) is 1. The smallest absolute Gasteiger partial charge is 0.231 e. The van der Waals surface area contributed by atoms with Crippen LogP contribution in [-0.4, -0.2) is 23.8 Å². The van der Waals surface area contributed by atoms with Gasteiger partial charge in [0, 0.05) is 11.9 Å². The second-order valence-electron chi connectivity index (χ2n) is 5.88.